The second-order valence-electron chi connectivity index (χ2n) is 4.32. The Bertz CT molecular complexity index is 448. The highest BCUT2D eigenvalue weighted by atomic mass is 35.5. The topological polar surface area (TPSA) is 42.4 Å². The molecule has 1 aromatic rings. The average Bonchev–Trinajstić information content (AvgIpc) is 2.84. The molecule has 2 rings (SSSR count). The van der Waals surface area contributed by atoms with E-state index in [4.69, 9.17) is 27.9 Å². The molecule has 18 heavy (non-hydrogen) atoms. The summed E-state index contributed by atoms with van der Waals surface area (Å²) in [6, 6.07) is 1.53. The summed E-state index contributed by atoms with van der Waals surface area (Å²) in [6.45, 7) is 1.36. The molecule has 1 atom stereocenters. The van der Waals surface area contributed by atoms with E-state index in [1.54, 1.807) is 11.9 Å². The minimum absolute atomic E-state index is 0.128. The van der Waals surface area contributed by atoms with Crippen molar-refractivity contribution in [3.63, 3.8) is 0 Å². The lowest BCUT2D eigenvalue weighted by Crippen LogP contribution is -2.34. The first kappa shape index (κ1) is 13.6. The van der Waals surface area contributed by atoms with Crippen molar-refractivity contribution in [1.82, 2.24) is 9.88 Å². The molecule has 1 aliphatic rings. The summed E-state index contributed by atoms with van der Waals surface area (Å²) >= 11 is 11.6. The van der Waals surface area contributed by atoms with Crippen LogP contribution in [0.4, 0.5) is 0 Å². The van der Waals surface area contributed by atoms with Gasteiger partial charge in [-0.05, 0) is 18.9 Å². The van der Waals surface area contributed by atoms with E-state index in [1.165, 1.54) is 12.3 Å². The third-order valence-electron chi connectivity index (χ3n) is 2.89. The Hall–Kier alpha value is -0.840. The molecule has 0 spiro atoms. The molecule has 1 saturated heterocycles. The molecule has 0 saturated carbocycles. The van der Waals surface area contributed by atoms with Crippen LogP contribution >= 0.6 is 23.2 Å². The van der Waals surface area contributed by atoms with Crippen LogP contribution in [0.25, 0.3) is 0 Å². The lowest BCUT2D eigenvalue weighted by molar-refractivity contribution is 0.0587. The maximum Gasteiger partial charge on any atom is 0.255 e. The number of amides is 1. The van der Waals surface area contributed by atoms with E-state index in [0.29, 0.717) is 12.1 Å². The molecule has 6 heteroatoms. The van der Waals surface area contributed by atoms with E-state index in [0.717, 1.165) is 19.4 Å². The first-order chi connectivity index (χ1) is 8.58. The number of carbonyl (C=O) groups excluding carboxylic acids is 1. The fraction of sp³-hybridized carbons (Fsp3) is 0.500. The van der Waals surface area contributed by atoms with Crippen LogP contribution in [-0.2, 0) is 4.74 Å². The van der Waals surface area contributed by atoms with Crippen molar-refractivity contribution in [2.45, 2.75) is 18.9 Å². The van der Waals surface area contributed by atoms with Gasteiger partial charge in [0.1, 0.15) is 5.15 Å². The van der Waals surface area contributed by atoms with Gasteiger partial charge in [0.15, 0.2) is 0 Å². The van der Waals surface area contributed by atoms with Crippen molar-refractivity contribution < 1.29 is 9.53 Å². The van der Waals surface area contributed by atoms with E-state index >= 15 is 0 Å². The second-order valence-corrected chi connectivity index (χ2v) is 5.08. The number of halogens is 2. The monoisotopic (exact) mass is 288 g/mol. The Labute approximate surface area is 116 Å². The summed E-state index contributed by atoms with van der Waals surface area (Å²) < 4.78 is 5.50. The van der Waals surface area contributed by atoms with Gasteiger partial charge in [0.25, 0.3) is 5.91 Å². The summed E-state index contributed by atoms with van der Waals surface area (Å²) in [5.74, 6) is -0.128. The van der Waals surface area contributed by atoms with Gasteiger partial charge in [0, 0.05) is 26.4 Å². The fourth-order valence-corrected chi connectivity index (χ4v) is 2.20. The highest BCUT2D eigenvalue weighted by Crippen LogP contribution is 2.21. The molecule has 0 N–H and O–H groups in total. The highest BCUT2D eigenvalue weighted by Gasteiger charge is 2.21. The number of hydrogen-bond acceptors (Lipinski definition) is 3. The van der Waals surface area contributed by atoms with E-state index in [1.807, 2.05) is 0 Å². The molecule has 1 fully saturated rings. The van der Waals surface area contributed by atoms with Gasteiger partial charge in [0.2, 0.25) is 0 Å². The zero-order valence-electron chi connectivity index (χ0n) is 10.0. The lowest BCUT2D eigenvalue weighted by atomic mass is 10.2. The molecule has 0 aromatic carbocycles. The smallest absolute Gasteiger partial charge is 0.255 e. The van der Waals surface area contributed by atoms with Crippen molar-refractivity contribution in [2.24, 2.45) is 0 Å². The average molecular weight is 289 g/mol. The minimum atomic E-state index is -0.128. The number of rotatable bonds is 3. The summed E-state index contributed by atoms with van der Waals surface area (Å²) in [6.07, 6.45) is 3.62. The second kappa shape index (κ2) is 5.87. The minimum Gasteiger partial charge on any atom is -0.376 e. The maximum absolute atomic E-state index is 12.1. The van der Waals surface area contributed by atoms with Crippen molar-refractivity contribution in [3.05, 3.63) is 28.0 Å². The van der Waals surface area contributed by atoms with Crippen LogP contribution in [0.15, 0.2) is 12.3 Å². The van der Waals surface area contributed by atoms with Crippen LogP contribution in [-0.4, -0.2) is 42.1 Å². The Morgan fingerprint density at radius 3 is 3.00 bits per heavy atom. The molecule has 4 nitrogen and oxygen atoms in total. The Morgan fingerprint density at radius 2 is 2.39 bits per heavy atom. The Morgan fingerprint density at radius 1 is 1.61 bits per heavy atom. The summed E-state index contributed by atoms with van der Waals surface area (Å²) in [4.78, 5) is 17.6. The number of hydrogen-bond donors (Lipinski definition) is 0. The van der Waals surface area contributed by atoms with Gasteiger partial charge in [-0.2, -0.15) is 0 Å². The number of aromatic nitrogens is 1. The van der Waals surface area contributed by atoms with E-state index in [2.05, 4.69) is 4.98 Å². The zero-order chi connectivity index (χ0) is 13.1. The number of ether oxygens (including phenoxy) is 1. The molecule has 0 radical (unpaired) electrons. The number of pyridine rings is 1. The lowest BCUT2D eigenvalue weighted by Gasteiger charge is -2.20. The van der Waals surface area contributed by atoms with E-state index in [-0.39, 0.29) is 22.2 Å². The van der Waals surface area contributed by atoms with Crippen LogP contribution < -0.4 is 0 Å². The van der Waals surface area contributed by atoms with E-state index in [9.17, 15) is 4.79 Å². The van der Waals surface area contributed by atoms with Crippen LogP contribution in [0.1, 0.15) is 23.2 Å². The van der Waals surface area contributed by atoms with Crippen molar-refractivity contribution in [1.29, 1.82) is 0 Å². The van der Waals surface area contributed by atoms with E-state index < -0.39 is 0 Å². The molecule has 0 aliphatic carbocycles. The van der Waals surface area contributed by atoms with Gasteiger partial charge in [-0.1, -0.05) is 23.2 Å². The number of nitrogens with zero attached hydrogens (tertiary/aromatic N) is 2. The quantitative estimate of drug-likeness (QED) is 0.803. The predicted molar refractivity (Wildman–Crippen MR) is 70.2 cm³/mol. The number of likely N-dealkylation sites (N-methyl/N-ethyl adjacent to an activating group) is 1. The summed E-state index contributed by atoms with van der Waals surface area (Å²) in [7, 11) is 1.74. The normalized spacial score (nSPS) is 18.9. The summed E-state index contributed by atoms with van der Waals surface area (Å²) in [5, 5.41) is 0.489. The molecule has 2 heterocycles. The Kier molecular flexibility index (Phi) is 4.43. The SMILES string of the molecule is CN(CC1CCCO1)C(=O)c1cnc(Cl)c(Cl)c1. The van der Waals surface area contributed by atoms with Gasteiger partial charge in [-0.15, -0.1) is 0 Å². The van der Waals surface area contributed by atoms with Gasteiger partial charge in [0.05, 0.1) is 16.7 Å². The standard InChI is InChI=1S/C12H14Cl2N2O2/c1-16(7-9-3-2-4-18-9)12(17)8-5-10(13)11(14)15-6-8/h5-6,9H,2-4,7H2,1H3. The van der Waals surface area contributed by atoms with Gasteiger partial charge < -0.3 is 9.64 Å². The third kappa shape index (κ3) is 3.13. The molecule has 98 valence electrons. The van der Waals surface area contributed by atoms with Crippen LogP contribution in [0.3, 0.4) is 0 Å². The van der Waals surface area contributed by atoms with Crippen LogP contribution in [0.2, 0.25) is 10.2 Å². The largest absolute Gasteiger partial charge is 0.376 e. The van der Waals surface area contributed by atoms with Crippen LogP contribution in [0.5, 0.6) is 0 Å². The van der Waals surface area contributed by atoms with Crippen molar-refractivity contribution in [3.8, 4) is 0 Å². The summed E-state index contributed by atoms with van der Waals surface area (Å²) in [5.41, 5.74) is 0.435. The van der Waals surface area contributed by atoms with Gasteiger partial charge >= 0.3 is 0 Å². The third-order valence-corrected chi connectivity index (χ3v) is 3.58. The molecular formula is C12H14Cl2N2O2. The maximum atomic E-state index is 12.1. The molecule has 1 aliphatic heterocycles. The molecular weight excluding hydrogens is 275 g/mol. The van der Waals surface area contributed by atoms with Crippen molar-refractivity contribution in [2.75, 3.05) is 20.2 Å². The molecule has 0 bridgehead atoms. The van der Waals surface area contributed by atoms with Crippen molar-refractivity contribution >= 4 is 29.1 Å². The number of carbonyl (C=O) groups is 1. The zero-order valence-corrected chi connectivity index (χ0v) is 11.5. The highest BCUT2D eigenvalue weighted by molar-refractivity contribution is 6.41. The van der Waals surface area contributed by atoms with Crippen LogP contribution in [0, 0.1) is 0 Å². The van der Waals surface area contributed by atoms with Gasteiger partial charge in [-0.3, -0.25) is 4.79 Å². The van der Waals surface area contributed by atoms with Gasteiger partial charge in [-0.25, -0.2) is 4.98 Å². The molecule has 1 amide bonds. The fourth-order valence-electron chi connectivity index (χ4n) is 1.94. The molecule has 1 aromatic heterocycles. The first-order valence-electron chi connectivity index (χ1n) is 5.76. The predicted octanol–water partition coefficient (Wildman–Crippen LogP) is 2.64. The Balaban J connectivity index is 2.02. The first-order valence-corrected chi connectivity index (χ1v) is 6.51. The molecule has 1 unspecified atom stereocenters.